The Morgan fingerprint density at radius 1 is 1.26 bits per heavy atom. The van der Waals surface area contributed by atoms with Crippen LogP contribution >= 0.6 is 31.9 Å². The molecule has 108 valence electrons. The first-order valence-electron chi connectivity index (χ1n) is 5.79. The van der Waals surface area contributed by atoms with E-state index in [2.05, 4.69) is 31.9 Å². The molecule has 0 aliphatic rings. The quantitative estimate of drug-likeness (QED) is 0.732. The molecule has 0 aliphatic carbocycles. The van der Waals surface area contributed by atoms with Gasteiger partial charge in [0.15, 0.2) is 11.5 Å². The van der Waals surface area contributed by atoms with Gasteiger partial charge in [0.25, 0.3) is 0 Å². The van der Waals surface area contributed by atoms with Crippen molar-refractivity contribution in [3.05, 3.63) is 20.6 Å². The molecular formula is C13H19Br2NO3. The number of halogens is 2. The highest BCUT2D eigenvalue weighted by molar-refractivity contribution is 9.13. The predicted octanol–water partition coefficient (Wildman–Crippen LogP) is 3.33. The molecule has 1 rings (SSSR count). The highest BCUT2D eigenvalue weighted by Crippen LogP contribution is 2.44. The summed E-state index contributed by atoms with van der Waals surface area (Å²) in [6.45, 7) is 5.74. The summed E-state index contributed by atoms with van der Waals surface area (Å²) in [5.74, 6) is 0.303. The highest BCUT2D eigenvalue weighted by atomic mass is 79.9. The first-order chi connectivity index (χ1) is 8.61. The largest absolute Gasteiger partial charge is 0.503 e. The third-order valence-corrected chi connectivity index (χ3v) is 5.14. The SMILES string of the molecule is COc1cc([C@@H](N)[C@@H](O)C(C)(C)C)c(Br)c(Br)c1O. The van der Waals surface area contributed by atoms with Gasteiger partial charge in [-0.2, -0.15) is 0 Å². The van der Waals surface area contributed by atoms with Crippen LogP contribution in [0.15, 0.2) is 15.0 Å². The Balaban J connectivity index is 3.31. The van der Waals surface area contributed by atoms with Crippen molar-refractivity contribution in [3.8, 4) is 11.5 Å². The van der Waals surface area contributed by atoms with E-state index < -0.39 is 12.1 Å². The van der Waals surface area contributed by atoms with E-state index in [-0.39, 0.29) is 11.2 Å². The zero-order chi connectivity index (χ0) is 15.0. The maximum absolute atomic E-state index is 10.3. The van der Waals surface area contributed by atoms with Crippen molar-refractivity contribution in [1.82, 2.24) is 0 Å². The van der Waals surface area contributed by atoms with E-state index >= 15 is 0 Å². The molecule has 0 unspecified atom stereocenters. The molecule has 0 spiro atoms. The van der Waals surface area contributed by atoms with Crippen molar-refractivity contribution in [2.75, 3.05) is 7.11 Å². The van der Waals surface area contributed by atoms with Crippen LogP contribution in [0.1, 0.15) is 32.4 Å². The van der Waals surface area contributed by atoms with Gasteiger partial charge < -0.3 is 20.7 Å². The fourth-order valence-electron chi connectivity index (χ4n) is 1.72. The number of benzene rings is 1. The maximum atomic E-state index is 10.3. The fraction of sp³-hybridized carbons (Fsp3) is 0.538. The zero-order valence-corrected chi connectivity index (χ0v) is 14.5. The number of nitrogens with two attached hydrogens (primary N) is 1. The lowest BCUT2D eigenvalue weighted by Gasteiger charge is -2.31. The van der Waals surface area contributed by atoms with Gasteiger partial charge in [-0.3, -0.25) is 0 Å². The standard InChI is InChI=1S/C13H19Br2NO3/c1-13(2,3)12(18)10(16)6-5-7(19-4)11(17)9(15)8(6)14/h5,10,12,17-18H,16H2,1-4H3/t10-,12-/m1/s1. The van der Waals surface area contributed by atoms with Crippen LogP contribution in [0, 0.1) is 5.41 Å². The Hall–Kier alpha value is -0.300. The van der Waals surface area contributed by atoms with Gasteiger partial charge in [0, 0.05) is 4.47 Å². The smallest absolute Gasteiger partial charge is 0.173 e. The Bertz CT molecular complexity index is 472. The van der Waals surface area contributed by atoms with E-state index in [0.29, 0.717) is 20.3 Å². The topological polar surface area (TPSA) is 75.7 Å². The summed E-state index contributed by atoms with van der Waals surface area (Å²) in [4.78, 5) is 0. The molecule has 0 saturated heterocycles. The zero-order valence-electron chi connectivity index (χ0n) is 11.4. The Kier molecular flexibility index (Phi) is 5.28. The minimum absolute atomic E-state index is 0.00410. The molecule has 4 N–H and O–H groups in total. The molecule has 0 amide bonds. The molecule has 0 heterocycles. The number of phenols is 1. The van der Waals surface area contributed by atoms with E-state index in [1.165, 1.54) is 7.11 Å². The molecule has 0 bridgehead atoms. The van der Waals surface area contributed by atoms with Crippen LogP contribution < -0.4 is 10.5 Å². The van der Waals surface area contributed by atoms with Gasteiger partial charge in [0.05, 0.1) is 23.7 Å². The number of ether oxygens (including phenoxy) is 1. The Morgan fingerprint density at radius 3 is 2.21 bits per heavy atom. The van der Waals surface area contributed by atoms with E-state index in [1.807, 2.05) is 20.8 Å². The number of aliphatic hydroxyl groups excluding tert-OH is 1. The summed E-state index contributed by atoms with van der Waals surface area (Å²) >= 11 is 6.65. The summed E-state index contributed by atoms with van der Waals surface area (Å²) in [5, 5.41) is 20.2. The predicted molar refractivity (Wildman–Crippen MR) is 82.4 cm³/mol. The summed E-state index contributed by atoms with van der Waals surface area (Å²) in [7, 11) is 1.46. The number of aliphatic hydroxyl groups is 1. The van der Waals surface area contributed by atoms with Gasteiger partial charge in [0.2, 0.25) is 0 Å². The van der Waals surface area contributed by atoms with Crippen molar-refractivity contribution in [2.24, 2.45) is 11.1 Å². The van der Waals surface area contributed by atoms with Gasteiger partial charge in [-0.1, -0.05) is 20.8 Å². The number of methoxy groups -OCH3 is 1. The Morgan fingerprint density at radius 2 is 1.79 bits per heavy atom. The highest BCUT2D eigenvalue weighted by Gasteiger charge is 2.31. The van der Waals surface area contributed by atoms with Crippen LogP contribution in [0.3, 0.4) is 0 Å². The molecular weight excluding hydrogens is 378 g/mol. The van der Waals surface area contributed by atoms with Gasteiger partial charge in [-0.15, -0.1) is 0 Å². The number of phenolic OH excluding ortho intramolecular Hbond substituents is 1. The summed E-state index contributed by atoms with van der Waals surface area (Å²) in [6, 6.07) is 1.03. The number of hydrogen-bond donors (Lipinski definition) is 3. The molecule has 6 heteroatoms. The molecule has 0 fully saturated rings. The van der Waals surface area contributed by atoms with Crippen molar-refractivity contribution in [3.63, 3.8) is 0 Å². The molecule has 1 aromatic rings. The number of rotatable bonds is 3. The first kappa shape index (κ1) is 16.8. The summed E-state index contributed by atoms with van der Waals surface area (Å²) in [5.41, 5.74) is 6.45. The third-order valence-electron chi connectivity index (χ3n) is 2.98. The summed E-state index contributed by atoms with van der Waals surface area (Å²) < 4.78 is 6.17. The molecule has 4 nitrogen and oxygen atoms in total. The van der Waals surface area contributed by atoms with Crippen LogP contribution in [-0.2, 0) is 0 Å². The van der Waals surface area contributed by atoms with Crippen molar-refractivity contribution in [1.29, 1.82) is 0 Å². The lowest BCUT2D eigenvalue weighted by atomic mass is 9.82. The Labute approximate surface area is 130 Å². The van der Waals surface area contributed by atoms with Crippen LogP contribution in [0.25, 0.3) is 0 Å². The molecule has 0 radical (unpaired) electrons. The average Bonchev–Trinajstić information content (AvgIpc) is 2.33. The minimum atomic E-state index is -0.732. The van der Waals surface area contributed by atoms with Crippen LogP contribution in [0.5, 0.6) is 11.5 Å². The van der Waals surface area contributed by atoms with Gasteiger partial charge in [0.1, 0.15) is 0 Å². The molecule has 1 aromatic carbocycles. The number of hydrogen-bond acceptors (Lipinski definition) is 4. The second kappa shape index (κ2) is 5.99. The molecule has 0 saturated carbocycles. The maximum Gasteiger partial charge on any atom is 0.173 e. The second-order valence-corrected chi connectivity index (χ2v) is 7.07. The van der Waals surface area contributed by atoms with E-state index in [1.54, 1.807) is 6.07 Å². The van der Waals surface area contributed by atoms with E-state index in [9.17, 15) is 10.2 Å². The van der Waals surface area contributed by atoms with E-state index in [0.717, 1.165) is 0 Å². The van der Waals surface area contributed by atoms with Gasteiger partial charge in [-0.25, -0.2) is 0 Å². The van der Waals surface area contributed by atoms with Crippen LogP contribution in [0.4, 0.5) is 0 Å². The summed E-state index contributed by atoms with van der Waals surface area (Å²) in [6.07, 6.45) is -0.732. The second-order valence-electron chi connectivity index (χ2n) is 5.48. The molecule has 19 heavy (non-hydrogen) atoms. The minimum Gasteiger partial charge on any atom is -0.503 e. The average molecular weight is 397 g/mol. The van der Waals surface area contributed by atoms with Crippen LogP contribution in [0.2, 0.25) is 0 Å². The van der Waals surface area contributed by atoms with Crippen LogP contribution in [-0.4, -0.2) is 23.4 Å². The lowest BCUT2D eigenvalue weighted by Crippen LogP contribution is -2.37. The molecule has 0 aliphatic heterocycles. The monoisotopic (exact) mass is 395 g/mol. The van der Waals surface area contributed by atoms with Gasteiger partial charge in [-0.05, 0) is 48.9 Å². The molecule has 2 atom stereocenters. The number of aromatic hydroxyl groups is 1. The van der Waals surface area contributed by atoms with Crippen molar-refractivity contribution in [2.45, 2.75) is 32.9 Å². The first-order valence-corrected chi connectivity index (χ1v) is 7.38. The lowest BCUT2D eigenvalue weighted by molar-refractivity contribution is 0.0398. The van der Waals surface area contributed by atoms with E-state index in [4.69, 9.17) is 10.5 Å². The van der Waals surface area contributed by atoms with Crippen molar-refractivity contribution < 1.29 is 14.9 Å². The third kappa shape index (κ3) is 3.42. The molecule has 0 aromatic heterocycles. The van der Waals surface area contributed by atoms with Gasteiger partial charge >= 0.3 is 0 Å². The fourth-order valence-corrected chi connectivity index (χ4v) is 2.71. The normalized spacial score (nSPS) is 15.2. The van der Waals surface area contributed by atoms with Crippen molar-refractivity contribution >= 4 is 31.9 Å².